The second-order valence-corrected chi connectivity index (χ2v) is 12.5. The number of halogens is 2. The van der Waals surface area contributed by atoms with Crippen molar-refractivity contribution in [2.24, 2.45) is 0 Å². The van der Waals surface area contributed by atoms with Crippen molar-refractivity contribution < 1.29 is 23.5 Å². The standard InChI is InChI=1S/C28H29Cl2O5P/c1-17(2)24-14-18(7-9-26(24)31)23-8-6-20-13-22(15-25(30)28(20)23)33-16-36(32)34-11-10-27(35-36)19-4-3-5-21(29)12-19/h3-5,7,9,12-15,17,23,27,31H,6,8,10-11,16H2,1-2H3/t23?,27-,36+/m0/s1. The van der Waals surface area contributed by atoms with E-state index in [-0.39, 0.29) is 24.3 Å². The highest BCUT2D eigenvalue weighted by Crippen LogP contribution is 2.56. The third kappa shape index (κ3) is 5.32. The van der Waals surface area contributed by atoms with E-state index in [1.54, 1.807) is 18.2 Å². The summed E-state index contributed by atoms with van der Waals surface area (Å²) in [5.74, 6) is 1.24. The number of phenols is 1. The predicted molar refractivity (Wildman–Crippen MR) is 143 cm³/mol. The van der Waals surface area contributed by atoms with Crippen molar-refractivity contribution in [3.63, 3.8) is 0 Å². The first-order valence-corrected chi connectivity index (χ1v) is 14.7. The Hall–Kier alpha value is -2.01. The fourth-order valence-corrected chi connectivity index (χ4v) is 7.15. The minimum absolute atomic E-state index is 0.154. The van der Waals surface area contributed by atoms with Crippen LogP contribution in [0.5, 0.6) is 11.5 Å². The monoisotopic (exact) mass is 546 g/mol. The number of aromatic hydroxyl groups is 1. The number of ether oxygens (including phenoxy) is 1. The summed E-state index contributed by atoms with van der Waals surface area (Å²) in [5.41, 5.74) is 5.15. The zero-order valence-corrected chi connectivity index (χ0v) is 22.7. The van der Waals surface area contributed by atoms with Gasteiger partial charge in [0.25, 0.3) is 0 Å². The lowest BCUT2D eigenvalue weighted by Crippen LogP contribution is -2.17. The molecule has 3 aromatic carbocycles. The second-order valence-electron chi connectivity index (χ2n) is 9.70. The van der Waals surface area contributed by atoms with Gasteiger partial charge < -0.3 is 14.4 Å². The van der Waals surface area contributed by atoms with Crippen molar-refractivity contribution in [3.8, 4) is 11.5 Å². The van der Waals surface area contributed by atoms with Gasteiger partial charge in [-0.15, -0.1) is 0 Å². The van der Waals surface area contributed by atoms with E-state index in [2.05, 4.69) is 19.9 Å². The summed E-state index contributed by atoms with van der Waals surface area (Å²) in [4.78, 5) is 0. The average Bonchev–Trinajstić information content (AvgIpc) is 3.28. The van der Waals surface area contributed by atoms with E-state index in [4.69, 9.17) is 37.0 Å². The van der Waals surface area contributed by atoms with Gasteiger partial charge in [0, 0.05) is 22.4 Å². The Morgan fingerprint density at radius 1 is 1.08 bits per heavy atom. The molecular formula is C28H29Cl2O5P. The van der Waals surface area contributed by atoms with Crippen LogP contribution < -0.4 is 4.74 Å². The van der Waals surface area contributed by atoms with Gasteiger partial charge in [0.15, 0.2) is 6.35 Å². The Labute approximate surface area is 221 Å². The minimum Gasteiger partial charge on any atom is -0.508 e. The van der Waals surface area contributed by atoms with E-state index in [0.29, 0.717) is 34.6 Å². The first-order chi connectivity index (χ1) is 17.2. The molecule has 2 aliphatic rings. The maximum Gasteiger partial charge on any atom is 0.368 e. The van der Waals surface area contributed by atoms with Gasteiger partial charge in [-0.3, -0.25) is 9.09 Å². The fourth-order valence-electron chi connectivity index (χ4n) is 5.09. The first kappa shape index (κ1) is 25.6. The molecule has 1 N–H and O–H groups in total. The van der Waals surface area contributed by atoms with Gasteiger partial charge in [-0.05, 0) is 76.9 Å². The number of hydrogen-bond acceptors (Lipinski definition) is 5. The Kier molecular flexibility index (Phi) is 7.40. The average molecular weight is 547 g/mol. The molecule has 190 valence electrons. The van der Waals surface area contributed by atoms with Crippen LogP contribution >= 0.6 is 30.8 Å². The maximum atomic E-state index is 13.3. The van der Waals surface area contributed by atoms with E-state index in [1.165, 1.54) is 0 Å². The second kappa shape index (κ2) is 10.4. The summed E-state index contributed by atoms with van der Waals surface area (Å²) in [7, 11) is -3.46. The molecule has 0 radical (unpaired) electrons. The molecule has 0 amide bonds. The maximum absolute atomic E-state index is 13.3. The highest BCUT2D eigenvalue weighted by Gasteiger charge is 2.36. The van der Waals surface area contributed by atoms with Crippen molar-refractivity contribution >= 4 is 30.8 Å². The molecule has 0 bridgehead atoms. The molecule has 36 heavy (non-hydrogen) atoms. The summed E-state index contributed by atoms with van der Waals surface area (Å²) in [5, 5.41) is 11.4. The van der Waals surface area contributed by atoms with Crippen molar-refractivity contribution in [3.05, 3.63) is 92.5 Å². The van der Waals surface area contributed by atoms with Crippen molar-refractivity contribution in [2.45, 2.75) is 51.0 Å². The molecule has 3 aromatic rings. The lowest BCUT2D eigenvalue weighted by molar-refractivity contribution is 0.0725. The van der Waals surface area contributed by atoms with Crippen molar-refractivity contribution in [1.82, 2.24) is 0 Å². The van der Waals surface area contributed by atoms with Gasteiger partial charge in [0.1, 0.15) is 11.5 Å². The van der Waals surface area contributed by atoms with Crippen LogP contribution in [0.25, 0.3) is 0 Å². The number of fused-ring (bicyclic) bond motifs is 1. The van der Waals surface area contributed by atoms with Gasteiger partial charge in [-0.25, -0.2) is 0 Å². The molecule has 0 aromatic heterocycles. The van der Waals surface area contributed by atoms with Crippen LogP contribution in [0.4, 0.5) is 0 Å². The van der Waals surface area contributed by atoms with E-state index in [1.807, 2.05) is 30.3 Å². The van der Waals surface area contributed by atoms with Gasteiger partial charge in [-0.1, -0.05) is 61.3 Å². The molecule has 0 spiro atoms. The van der Waals surface area contributed by atoms with Gasteiger partial charge in [-0.2, -0.15) is 0 Å². The molecule has 1 saturated heterocycles. The van der Waals surface area contributed by atoms with Gasteiger partial charge in [0.2, 0.25) is 0 Å². The summed E-state index contributed by atoms with van der Waals surface area (Å²) in [6, 6.07) is 16.9. The lowest BCUT2D eigenvalue weighted by atomic mass is 9.89. The van der Waals surface area contributed by atoms with Crippen LogP contribution in [0.3, 0.4) is 0 Å². The third-order valence-corrected chi connectivity index (χ3v) is 9.03. The zero-order valence-electron chi connectivity index (χ0n) is 20.2. The summed E-state index contributed by atoms with van der Waals surface area (Å²) < 4.78 is 30.6. The van der Waals surface area contributed by atoms with Crippen LogP contribution in [0, 0.1) is 0 Å². The molecule has 1 aliphatic carbocycles. The molecule has 0 saturated carbocycles. The van der Waals surface area contributed by atoms with Crippen LogP contribution in [0.1, 0.15) is 72.4 Å². The SMILES string of the molecule is CC(C)c1cc(C2CCc3cc(OC[P@@]4(=O)OCC[C@@H](c5cccc(Cl)c5)O4)cc(Cl)c32)ccc1O. The van der Waals surface area contributed by atoms with Crippen LogP contribution in [-0.2, 0) is 20.0 Å². The summed E-state index contributed by atoms with van der Waals surface area (Å²) in [6.45, 7) is 4.45. The largest absolute Gasteiger partial charge is 0.508 e. The predicted octanol–water partition coefficient (Wildman–Crippen LogP) is 8.61. The lowest BCUT2D eigenvalue weighted by Gasteiger charge is -2.30. The Balaban J connectivity index is 1.31. The Morgan fingerprint density at radius 3 is 2.69 bits per heavy atom. The molecule has 5 nitrogen and oxygen atoms in total. The summed E-state index contributed by atoms with van der Waals surface area (Å²) >= 11 is 12.9. The number of benzene rings is 3. The highest BCUT2D eigenvalue weighted by atomic mass is 35.5. The smallest absolute Gasteiger partial charge is 0.368 e. The van der Waals surface area contributed by atoms with Gasteiger partial charge in [0.05, 0.1) is 12.7 Å². The molecule has 1 aliphatic heterocycles. The number of hydrogen-bond donors (Lipinski definition) is 1. The van der Waals surface area contributed by atoms with Gasteiger partial charge >= 0.3 is 7.60 Å². The molecule has 1 fully saturated rings. The van der Waals surface area contributed by atoms with Crippen molar-refractivity contribution in [1.29, 1.82) is 0 Å². The molecule has 5 rings (SSSR count). The topological polar surface area (TPSA) is 65.0 Å². The van der Waals surface area contributed by atoms with E-state index < -0.39 is 7.60 Å². The van der Waals surface area contributed by atoms with Crippen LogP contribution in [0.15, 0.2) is 54.6 Å². The summed E-state index contributed by atoms with van der Waals surface area (Å²) in [6.07, 6.45) is 1.81. The number of phenolic OH excluding ortho intramolecular Hbond substituents is 1. The number of aryl methyl sites for hydroxylation is 1. The van der Waals surface area contributed by atoms with Crippen LogP contribution in [0.2, 0.25) is 10.0 Å². The molecule has 1 heterocycles. The quantitative estimate of drug-likeness (QED) is 0.313. The Bertz CT molecular complexity index is 1330. The normalized spacial score (nSPS) is 23.6. The molecule has 8 heteroatoms. The number of rotatable bonds is 6. The molecule has 3 atom stereocenters. The zero-order chi connectivity index (χ0) is 25.4. The molecular weight excluding hydrogens is 518 g/mol. The van der Waals surface area contributed by atoms with E-state index in [9.17, 15) is 9.67 Å². The third-order valence-electron chi connectivity index (χ3n) is 6.88. The van der Waals surface area contributed by atoms with E-state index >= 15 is 0 Å². The van der Waals surface area contributed by atoms with Crippen LogP contribution in [-0.4, -0.2) is 18.1 Å². The van der Waals surface area contributed by atoms with Crippen molar-refractivity contribution in [2.75, 3.05) is 13.0 Å². The van der Waals surface area contributed by atoms with E-state index in [0.717, 1.165) is 40.7 Å². The highest BCUT2D eigenvalue weighted by molar-refractivity contribution is 7.53. The minimum atomic E-state index is -3.46. The Morgan fingerprint density at radius 2 is 1.92 bits per heavy atom. The molecule has 1 unspecified atom stereocenters. The first-order valence-electron chi connectivity index (χ1n) is 12.2. The fraction of sp³-hybridized carbons (Fsp3) is 0.357.